The molecular formula is C27H31NO4. The number of hydrogen-bond acceptors (Lipinski definition) is 4. The summed E-state index contributed by atoms with van der Waals surface area (Å²) in [6, 6.07) is 14.2. The number of carbonyl (C=O) groups excluding carboxylic acids is 1. The average Bonchev–Trinajstić information content (AvgIpc) is 3.35. The molecule has 2 fully saturated rings. The van der Waals surface area contributed by atoms with Gasteiger partial charge in [0.05, 0.1) is 26.4 Å². The van der Waals surface area contributed by atoms with Gasteiger partial charge in [0.2, 0.25) is 5.91 Å². The van der Waals surface area contributed by atoms with Crippen molar-refractivity contribution in [3.8, 4) is 34.5 Å². The third-order valence-electron chi connectivity index (χ3n) is 6.02. The maximum atomic E-state index is 12.2. The molecule has 0 atom stereocenters. The largest absolute Gasteiger partial charge is 0.493 e. The van der Waals surface area contributed by atoms with E-state index >= 15 is 0 Å². The third-order valence-corrected chi connectivity index (χ3v) is 6.02. The summed E-state index contributed by atoms with van der Waals surface area (Å²) in [6.45, 7) is 2.62. The molecule has 5 heteroatoms. The second-order valence-electron chi connectivity index (χ2n) is 8.27. The Bertz CT molecular complexity index is 979. The highest BCUT2D eigenvalue weighted by molar-refractivity contribution is 5.76. The van der Waals surface area contributed by atoms with Gasteiger partial charge >= 0.3 is 0 Å². The molecule has 1 aliphatic heterocycles. The summed E-state index contributed by atoms with van der Waals surface area (Å²) in [5.74, 6) is 8.09. The van der Waals surface area contributed by atoms with Crippen LogP contribution < -0.4 is 9.47 Å². The Morgan fingerprint density at radius 3 is 2.62 bits per heavy atom. The lowest BCUT2D eigenvalue weighted by molar-refractivity contribution is -0.135. The molecule has 0 bridgehead atoms. The fourth-order valence-corrected chi connectivity index (χ4v) is 4.22. The SMILES string of the molecule is COc1ccc(-c2cccc(C#CCCC(=O)N3CCOCC3)c2)cc1OC1CCCC1. The van der Waals surface area contributed by atoms with Gasteiger partial charge in [-0.2, -0.15) is 0 Å². The fourth-order valence-electron chi connectivity index (χ4n) is 4.22. The Hall–Kier alpha value is -2.97. The van der Waals surface area contributed by atoms with Gasteiger partial charge in [0.15, 0.2) is 11.5 Å². The average molecular weight is 434 g/mol. The zero-order chi connectivity index (χ0) is 22.2. The van der Waals surface area contributed by atoms with E-state index in [0.29, 0.717) is 39.1 Å². The van der Waals surface area contributed by atoms with Crippen molar-refractivity contribution in [2.24, 2.45) is 0 Å². The van der Waals surface area contributed by atoms with E-state index in [9.17, 15) is 4.79 Å². The van der Waals surface area contributed by atoms with Crippen molar-refractivity contribution in [1.82, 2.24) is 4.90 Å². The van der Waals surface area contributed by atoms with Gasteiger partial charge in [0, 0.05) is 31.5 Å². The summed E-state index contributed by atoms with van der Waals surface area (Å²) in [4.78, 5) is 14.1. The smallest absolute Gasteiger partial charge is 0.223 e. The van der Waals surface area contributed by atoms with E-state index in [4.69, 9.17) is 14.2 Å². The van der Waals surface area contributed by atoms with Gasteiger partial charge in [-0.3, -0.25) is 4.79 Å². The number of nitrogens with zero attached hydrogens (tertiary/aromatic N) is 1. The van der Waals surface area contributed by atoms with Crippen LogP contribution in [-0.2, 0) is 9.53 Å². The molecule has 0 aromatic heterocycles. The van der Waals surface area contributed by atoms with Crippen molar-refractivity contribution < 1.29 is 19.0 Å². The molecular weight excluding hydrogens is 402 g/mol. The molecule has 1 heterocycles. The quantitative estimate of drug-likeness (QED) is 0.621. The molecule has 2 aromatic carbocycles. The van der Waals surface area contributed by atoms with Crippen LogP contribution in [0, 0.1) is 11.8 Å². The molecule has 0 N–H and O–H groups in total. The highest BCUT2D eigenvalue weighted by atomic mass is 16.5. The van der Waals surface area contributed by atoms with E-state index in [1.165, 1.54) is 12.8 Å². The van der Waals surface area contributed by atoms with Crippen molar-refractivity contribution in [3.63, 3.8) is 0 Å². The maximum Gasteiger partial charge on any atom is 0.223 e. The summed E-state index contributed by atoms with van der Waals surface area (Å²) < 4.78 is 17.1. The Morgan fingerprint density at radius 2 is 1.84 bits per heavy atom. The lowest BCUT2D eigenvalue weighted by Crippen LogP contribution is -2.40. The van der Waals surface area contributed by atoms with Crippen LogP contribution in [0.4, 0.5) is 0 Å². The number of ether oxygens (including phenoxy) is 3. The molecule has 4 rings (SSSR count). The zero-order valence-corrected chi connectivity index (χ0v) is 18.8. The minimum atomic E-state index is 0.157. The number of morpholine rings is 1. The maximum absolute atomic E-state index is 12.2. The third kappa shape index (κ3) is 5.83. The Morgan fingerprint density at radius 1 is 1.06 bits per heavy atom. The molecule has 0 radical (unpaired) electrons. The first-order valence-electron chi connectivity index (χ1n) is 11.5. The molecule has 2 aliphatic rings. The van der Waals surface area contributed by atoms with E-state index in [0.717, 1.165) is 41.0 Å². The van der Waals surface area contributed by atoms with Crippen LogP contribution in [-0.4, -0.2) is 50.3 Å². The standard InChI is InChI=1S/C27H31NO4/c1-30-25-14-13-23(20-26(25)32-24-10-3-4-11-24)22-9-6-8-21(19-22)7-2-5-12-27(29)28-15-17-31-18-16-28/h6,8-9,13-14,19-20,24H,3-5,10-12,15-18H2,1H3. The summed E-state index contributed by atoms with van der Waals surface area (Å²) in [5.41, 5.74) is 3.10. The van der Waals surface area contributed by atoms with E-state index in [2.05, 4.69) is 30.0 Å². The normalized spacial score (nSPS) is 16.3. The second kappa shape index (κ2) is 11.1. The predicted octanol–water partition coefficient (Wildman–Crippen LogP) is 4.67. The number of carbonyl (C=O) groups is 1. The van der Waals surface area contributed by atoms with Gasteiger partial charge in [-0.05, 0) is 61.1 Å². The van der Waals surface area contributed by atoms with E-state index < -0.39 is 0 Å². The summed E-state index contributed by atoms with van der Waals surface area (Å²) >= 11 is 0. The van der Waals surface area contributed by atoms with Crippen LogP contribution in [0.3, 0.4) is 0 Å². The zero-order valence-electron chi connectivity index (χ0n) is 18.8. The monoisotopic (exact) mass is 433 g/mol. The lowest BCUT2D eigenvalue weighted by atomic mass is 10.0. The van der Waals surface area contributed by atoms with Crippen LogP contribution in [0.5, 0.6) is 11.5 Å². The predicted molar refractivity (Wildman–Crippen MR) is 125 cm³/mol. The van der Waals surface area contributed by atoms with Gasteiger partial charge in [-0.15, -0.1) is 0 Å². The van der Waals surface area contributed by atoms with Gasteiger partial charge < -0.3 is 19.1 Å². The first-order valence-corrected chi connectivity index (χ1v) is 11.5. The van der Waals surface area contributed by atoms with Crippen molar-refractivity contribution in [3.05, 3.63) is 48.0 Å². The van der Waals surface area contributed by atoms with Crippen molar-refractivity contribution in [2.45, 2.75) is 44.6 Å². The number of rotatable bonds is 6. The summed E-state index contributed by atoms with van der Waals surface area (Å²) in [7, 11) is 1.68. The minimum absolute atomic E-state index is 0.157. The lowest BCUT2D eigenvalue weighted by Gasteiger charge is -2.26. The molecule has 0 spiro atoms. The molecule has 32 heavy (non-hydrogen) atoms. The fraction of sp³-hybridized carbons (Fsp3) is 0.444. The summed E-state index contributed by atoms with van der Waals surface area (Å²) in [6.07, 6.45) is 5.95. The molecule has 2 aromatic rings. The van der Waals surface area contributed by atoms with Crippen LogP contribution in [0.15, 0.2) is 42.5 Å². The van der Waals surface area contributed by atoms with Gasteiger partial charge in [0.25, 0.3) is 0 Å². The van der Waals surface area contributed by atoms with Crippen LogP contribution in [0.1, 0.15) is 44.1 Å². The van der Waals surface area contributed by atoms with Crippen LogP contribution in [0.2, 0.25) is 0 Å². The first kappa shape index (κ1) is 22.2. The molecule has 0 unspecified atom stereocenters. The number of methoxy groups -OCH3 is 1. The molecule has 1 saturated carbocycles. The number of benzene rings is 2. The van der Waals surface area contributed by atoms with E-state index in [1.807, 2.05) is 29.2 Å². The topological polar surface area (TPSA) is 48.0 Å². The Labute approximate surface area is 190 Å². The Balaban J connectivity index is 1.41. The van der Waals surface area contributed by atoms with E-state index in [-0.39, 0.29) is 12.0 Å². The molecule has 1 aliphatic carbocycles. The number of amides is 1. The number of hydrogen-bond donors (Lipinski definition) is 0. The van der Waals surface area contributed by atoms with Gasteiger partial charge in [0.1, 0.15) is 0 Å². The van der Waals surface area contributed by atoms with Crippen molar-refractivity contribution in [2.75, 3.05) is 33.4 Å². The minimum Gasteiger partial charge on any atom is -0.493 e. The first-order chi connectivity index (χ1) is 15.7. The molecule has 1 saturated heterocycles. The highest BCUT2D eigenvalue weighted by Crippen LogP contribution is 2.35. The van der Waals surface area contributed by atoms with Gasteiger partial charge in [-0.25, -0.2) is 0 Å². The van der Waals surface area contributed by atoms with Crippen molar-refractivity contribution >= 4 is 5.91 Å². The second-order valence-corrected chi connectivity index (χ2v) is 8.27. The van der Waals surface area contributed by atoms with Crippen LogP contribution in [0.25, 0.3) is 11.1 Å². The van der Waals surface area contributed by atoms with Crippen molar-refractivity contribution in [1.29, 1.82) is 0 Å². The van der Waals surface area contributed by atoms with Gasteiger partial charge in [-0.1, -0.05) is 30.0 Å². The molecule has 1 amide bonds. The highest BCUT2D eigenvalue weighted by Gasteiger charge is 2.19. The molecule has 168 valence electrons. The summed E-state index contributed by atoms with van der Waals surface area (Å²) in [5, 5.41) is 0. The Kier molecular flexibility index (Phi) is 7.68. The van der Waals surface area contributed by atoms with E-state index in [1.54, 1.807) is 7.11 Å². The van der Waals surface area contributed by atoms with Crippen LogP contribution >= 0.6 is 0 Å². The molecule has 5 nitrogen and oxygen atoms in total.